The molecule has 1 heterocycles. The van der Waals surface area contributed by atoms with Crippen LogP contribution in [0.1, 0.15) is 38.7 Å². The van der Waals surface area contributed by atoms with Crippen LogP contribution in [0.15, 0.2) is 12.1 Å². The molecule has 2 unspecified atom stereocenters. The first-order valence-corrected chi connectivity index (χ1v) is 7.92. The maximum Gasteiger partial charge on any atom is 0.152 e. The largest absolute Gasteiger partial charge is 0.361 e. The molecular formula is C17H24F2N2. The van der Waals surface area contributed by atoms with Gasteiger partial charge in [-0.2, -0.15) is 0 Å². The number of anilines is 1. The highest BCUT2D eigenvalue weighted by Crippen LogP contribution is 2.43. The van der Waals surface area contributed by atoms with E-state index in [0.29, 0.717) is 18.0 Å². The predicted octanol–water partition coefficient (Wildman–Crippen LogP) is 3.63. The number of halogens is 2. The molecule has 0 aromatic heterocycles. The zero-order valence-electron chi connectivity index (χ0n) is 13.0. The first-order valence-electron chi connectivity index (χ1n) is 7.92. The number of hydrogen-bond donors (Lipinski definition) is 1. The van der Waals surface area contributed by atoms with Crippen LogP contribution in [0.25, 0.3) is 0 Å². The molecule has 0 radical (unpaired) electrons. The summed E-state index contributed by atoms with van der Waals surface area (Å²) in [7, 11) is 0. The third-order valence-corrected chi connectivity index (χ3v) is 5.18. The lowest BCUT2D eigenvalue weighted by Gasteiger charge is -2.48. The number of benzene rings is 1. The van der Waals surface area contributed by atoms with E-state index in [1.165, 1.54) is 25.0 Å². The molecule has 4 heteroatoms. The maximum absolute atomic E-state index is 14.5. The molecule has 0 amide bonds. The Labute approximate surface area is 125 Å². The molecule has 21 heavy (non-hydrogen) atoms. The summed E-state index contributed by atoms with van der Waals surface area (Å²) in [6, 6.07) is 3.04. The molecule has 1 saturated carbocycles. The van der Waals surface area contributed by atoms with Crippen molar-refractivity contribution in [1.29, 1.82) is 0 Å². The highest BCUT2D eigenvalue weighted by molar-refractivity contribution is 5.53. The van der Waals surface area contributed by atoms with Crippen molar-refractivity contribution in [3.05, 3.63) is 29.3 Å². The monoisotopic (exact) mass is 294 g/mol. The van der Waals surface area contributed by atoms with Gasteiger partial charge in [0.2, 0.25) is 0 Å². The zero-order valence-corrected chi connectivity index (χ0v) is 13.0. The average Bonchev–Trinajstić information content (AvgIpc) is 3.29. The molecule has 1 N–H and O–H groups in total. The Bertz CT molecular complexity index is 542. The van der Waals surface area contributed by atoms with E-state index >= 15 is 0 Å². The quantitative estimate of drug-likeness (QED) is 0.916. The summed E-state index contributed by atoms with van der Waals surface area (Å²) in [6.07, 6.45) is 3.31. The summed E-state index contributed by atoms with van der Waals surface area (Å²) in [5.41, 5.74) is 0.636. The van der Waals surface area contributed by atoms with E-state index in [-0.39, 0.29) is 17.3 Å². The molecule has 1 aromatic carbocycles. The van der Waals surface area contributed by atoms with Crippen molar-refractivity contribution >= 4 is 5.69 Å². The lowest BCUT2D eigenvalue weighted by molar-refractivity contribution is 0.250. The van der Waals surface area contributed by atoms with Crippen LogP contribution in [-0.2, 0) is 0 Å². The molecule has 0 bridgehead atoms. The summed E-state index contributed by atoms with van der Waals surface area (Å²) in [5.74, 6) is -0.223. The lowest BCUT2D eigenvalue weighted by Crippen LogP contribution is -2.64. The molecule has 2 atom stereocenters. The van der Waals surface area contributed by atoms with Crippen LogP contribution < -0.4 is 10.2 Å². The Morgan fingerprint density at radius 3 is 2.67 bits per heavy atom. The van der Waals surface area contributed by atoms with Crippen LogP contribution in [-0.4, -0.2) is 24.7 Å². The van der Waals surface area contributed by atoms with E-state index in [1.807, 2.05) is 4.90 Å². The summed E-state index contributed by atoms with van der Waals surface area (Å²) < 4.78 is 28.8. The van der Waals surface area contributed by atoms with E-state index in [2.05, 4.69) is 19.2 Å². The molecule has 2 nitrogen and oxygen atoms in total. The normalized spacial score (nSPS) is 29.8. The van der Waals surface area contributed by atoms with Crippen molar-refractivity contribution in [2.24, 2.45) is 5.92 Å². The number of nitrogens with one attached hydrogen (secondary N) is 1. The van der Waals surface area contributed by atoms with Crippen LogP contribution >= 0.6 is 0 Å². The predicted molar refractivity (Wildman–Crippen MR) is 81.7 cm³/mol. The molecule has 1 saturated heterocycles. The molecule has 1 aromatic rings. The fourth-order valence-corrected chi connectivity index (χ4v) is 3.53. The standard InChI is InChI=1S/C17H24F2N2/c1-4-13-9-20-17(3,12-6-7-12)10-21(13)16-14(18)8-5-11(2)15(16)19/h5,8,12-13,20H,4,6-7,9-10H2,1-3H3. The SMILES string of the molecule is CCC1CNC(C)(C2CC2)CN1c1c(F)ccc(C)c1F. The third-order valence-electron chi connectivity index (χ3n) is 5.18. The Balaban J connectivity index is 1.98. The van der Waals surface area contributed by atoms with E-state index in [0.717, 1.165) is 13.0 Å². The van der Waals surface area contributed by atoms with Gasteiger partial charge < -0.3 is 10.2 Å². The Morgan fingerprint density at radius 2 is 2.05 bits per heavy atom. The van der Waals surface area contributed by atoms with E-state index < -0.39 is 11.6 Å². The zero-order chi connectivity index (χ0) is 15.2. The number of rotatable bonds is 3. The van der Waals surface area contributed by atoms with Gasteiger partial charge in [-0.25, -0.2) is 8.78 Å². The number of aryl methyl sites for hydroxylation is 1. The van der Waals surface area contributed by atoms with Crippen molar-refractivity contribution < 1.29 is 8.78 Å². The minimum absolute atomic E-state index is 0.0334. The lowest BCUT2D eigenvalue weighted by atomic mass is 9.89. The molecule has 116 valence electrons. The highest BCUT2D eigenvalue weighted by atomic mass is 19.1. The van der Waals surface area contributed by atoms with Crippen LogP contribution in [0.4, 0.5) is 14.5 Å². The van der Waals surface area contributed by atoms with Gasteiger partial charge in [-0.1, -0.05) is 13.0 Å². The van der Waals surface area contributed by atoms with Crippen LogP contribution in [0, 0.1) is 24.5 Å². The van der Waals surface area contributed by atoms with Crippen molar-refractivity contribution in [3.8, 4) is 0 Å². The second-order valence-electron chi connectivity index (χ2n) is 6.79. The number of hydrogen-bond acceptors (Lipinski definition) is 2. The van der Waals surface area contributed by atoms with E-state index in [4.69, 9.17) is 0 Å². The van der Waals surface area contributed by atoms with Gasteiger partial charge in [0, 0.05) is 24.7 Å². The molecule has 2 aliphatic rings. The topological polar surface area (TPSA) is 15.3 Å². The Morgan fingerprint density at radius 1 is 1.33 bits per heavy atom. The molecule has 1 aliphatic heterocycles. The van der Waals surface area contributed by atoms with Gasteiger partial charge in [0.15, 0.2) is 5.82 Å². The van der Waals surface area contributed by atoms with Gasteiger partial charge in [-0.15, -0.1) is 0 Å². The van der Waals surface area contributed by atoms with Crippen LogP contribution in [0.2, 0.25) is 0 Å². The van der Waals surface area contributed by atoms with Crippen molar-refractivity contribution in [2.75, 3.05) is 18.0 Å². The summed E-state index contributed by atoms with van der Waals surface area (Å²) in [6.45, 7) is 7.42. The maximum atomic E-state index is 14.5. The van der Waals surface area contributed by atoms with Crippen LogP contribution in [0.5, 0.6) is 0 Å². The van der Waals surface area contributed by atoms with E-state index in [1.54, 1.807) is 6.92 Å². The van der Waals surface area contributed by atoms with Crippen LogP contribution in [0.3, 0.4) is 0 Å². The second kappa shape index (κ2) is 5.24. The van der Waals surface area contributed by atoms with Crippen molar-refractivity contribution in [3.63, 3.8) is 0 Å². The van der Waals surface area contributed by atoms with E-state index in [9.17, 15) is 8.78 Å². The molecule has 1 aliphatic carbocycles. The number of piperazine rings is 1. The highest BCUT2D eigenvalue weighted by Gasteiger charge is 2.46. The fourth-order valence-electron chi connectivity index (χ4n) is 3.53. The molecular weight excluding hydrogens is 270 g/mol. The Hall–Kier alpha value is -1.16. The smallest absolute Gasteiger partial charge is 0.152 e. The molecule has 0 spiro atoms. The minimum atomic E-state index is -0.448. The molecule has 2 fully saturated rings. The van der Waals surface area contributed by atoms with Crippen molar-refractivity contribution in [2.45, 2.75) is 51.6 Å². The van der Waals surface area contributed by atoms with Gasteiger partial charge in [0.1, 0.15) is 11.5 Å². The Kier molecular flexibility index (Phi) is 3.68. The molecule has 3 rings (SSSR count). The minimum Gasteiger partial charge on any atom is -0.361 e. The summed E-state index contributed by atoms with van der Waals surface area (Å²) in [4.78, 5) is 1.96. The number of nitrogens with zero attached hydrogens (tertiary/aromatic N) is 1. The van der Waals surface area contributed by atoms with Gasteiger partial charge >= 0.3 is 0 Å². The second-order valence-corrected chi connectivity index (χ2v) is 6.79. The van der Waals surface area contributed by atoms with Gasteiger partial charge in [-0.3, -0.25) is 0 Å². The third kappa shape index (κ3) is 2.54. The first-order chi connectivity index (χ1) is 9.96. The van der Waals surface area contributed by atoms with Gasteiger partial charge in [-0.05, 0) is 50.7 Å². The first kappa shape index (κ1) is 14.8. The fraction of sp³-hybridized carbons (Fsp3) is 0.647. The van der Waals surface area contributed by atoms with Gasteiger partial charge in [0.25, 0.3) is 0 Å². The van der Waals surface area contributed by atoms with Crippen molar-refractivity contribution in [1.82, 2.24) is 5.32 Å². The summed E-state index contributed by atoms with van der Waals surface area (Å²) in [5, 5.41) is 3.63. The van der Waals surface area contributed by atoms with Gasteiger partial charge in [0.05, 0.1) is 0 Å². The summed E-state index contributed by atoms with van der Waals surface area (Å²) >= 11 is 0. The average molecular weight is 294 g/mol.